The minimum Gasteiger partial charge on any atom is -0.325 e. The molecule has 0 aromatic heterocycles. The Morgan fingerprint density at radius 1 is 1.43 bits per heavy atom. The average molecular weight is 293 g/mol. The fourth-order valence-electron chi connectivity index (χ4n) is 2.34. The van der Waals surface area contributed by atoms with E-state index in [2.05, 4.69) is 17.6 Å². The van der Waals surface area contributed by atoms with Gasteiger partial charge >= 0.3 is 0 Å². The number of hydrogen-bond donors (Lipinski definition) is 2. The Morgan fingerprint density at radius 3 is 2.76 bits per heavy atom. The molecule has 1 fully saturated rings. The summed E-state index contributed by atoms with van der Waals surface area (Å²) in [7, 11) is 0. The van der Waals surface area contributed by atoms with E-state index in [0.29, 0.717) is 18.8 Å². The van der Waals surface area contributed by atoms with Crippen LogP contribution in [0.15, 0.2) is 24.3 Å². The van der Waals surface area contributed by atoms with Crippen molar-refractivity contribution in [3.8, 4) is 0 Å². The van der Waals surface area contributed by atoms with Crippen molar-refractivity contribution in [2.24, 2.45) is 0 Å². The summed E-state index contributed by atoms with van der Waals surface area (Å²) in [6.45, 7) is 2.47. The van der Waals surface area contributed by atoms with E-state index in [9.17, 15) is 14.0 Å². The van der Waals surface area contributed by atoms with Crippen molar-refractivity contribution in [1.82, 2.24) is 10.2 Å². The van der Waals surface area contributed by atoms with Crippen molar-refractivity contribution >= 4 is 17.5 Å². The second-order valence-electron chi connectivity index (χ2n) is 5.20. The zero-order valence-corrected chi connectivity index (χ0v) is 12.1. The van der Waals surface area contributed by atoms with Crippen LogP contribution in [0.2, 0.25) is 0 Å². The molecule has 0 spiro atoms. The lowest BCUT2D eigenvalue weighted by atomic mass is 10.1. The van der Waals surface area contributed by atoms with Crippen LogP contribution in [0.25, 0.3) is 0 Å². The standard InChI is InChI=1S/C15H20FN3O2/c1-2-3-13-8-15(21)19(10-17-13)9-14(20)18-12-6-4-11(16)5-7-12/h4-7,13,17H,2-3,8-10H2,1H3,(H,18,20). The first-order valence-electron chi connectivity index (χ1n) is 7.15. The predicted octanol–water partition coefficient (Wildman–Crippen LogP) is 1.71. The first-order chi connectivity index (χ1) is 10.1. The molecule has 0 radical (unpaired) electrons. The van der Waals surface area contributed by atoms with Crippen LogP contribution in [0.1, 0.15) is 26.2 Å². The van der Waals surface area contributed by atoms with Gasteiger partial charge in [0.25, 0.3) is 0 Å². The Labute approximate surface area is 123 Å². The topological polar surface area (TPSA) is 61.4 Å². The van der Waals surface area contributed by atoms with Crippen LogP contribution in [0.3, 0.4) is 0 Å². The third-order valence-corrected chi connectivity index (χ3v) is 3.44. The van der Waals surface area contributed by atoms with Crippen molar-refractivity contribution in [1.29, 1.82) is 0 Å². The largest absolute Gasteiger partial charge is 0.325 e. The third-order valence-electron chi connectivity index (χ3n) is 3.44. The fraction of sp³-hybridized carbons (Fsp3) is 0.467. The molecule has 1 aromatic carbocycles. The molecule has 0 bridgehead atoms. The summed E-state index contributed by atoms with van der Waals surface area (Å²) >= 11 is 0. The number of amides is 2. The summed E-state index contributed by atoms with van der Waals surface area (Å²) in [6, 6.07) is 5.73. The summed E-state index contributed by atoms with van der Waals surface area (Å²) in [5.74, 6) is -0.655. The number of nitrogens with zero attached hydrogens (tertiary/aromatic N) is 1. The number of benzene rings is 1. The number of hydrogen-bond acceptors (Lipinski definition) is 3. The van der Waals surface area contributed by atoms with Crippen LogP contribution in [0.4, 0.5) is 10.1 Å². The maximum Gasteiger partial charge on any atom is 0.244 e. The predicted molar refractivity (Wildman–Crippen MR) is 78.1 cm³/mol. The van der Waals surface area contributed by atoms with E-state index >= 15 is 0 Å². The van der Waals surface area contributed by atoms with Crippen LogP contribution >= 0.6 is 0 Å². The number of halogens is 1. The van der Waals surface area contributed by atoms with Crippen LogP contribution in [-0.4, -0.2) is 36.0 Å². The third kappa shape index (κ3) is 4.53. The highest BCUT2D eigenvalue weighted by atomic mass is 19.1. The molecule has 114 valence electrons. The summed E-state index contributed by atoms with van der Waals surface area (Å²) in [4.78, 5) is 25.4. The first kappa shape index (κ1) is 15.4. The Kier molecular flexibility index (Phi) is 5.27. The number of nitrogens with one attached hydrogen (secondary N) is 2. The van der Waals surface area contributed by atoms with Gasteiger partial charge in [-0.3, -0.25) is 14.9 Å². The van der Waals surface area contributed by atoms with Gasteiger partial charge in [0.05, 0.1) is 6.67 Å². The van der Waals surface area contributed by atoms with Crippen molar-refractivity contribution < 1.29 is 14.0 Å². The van der Waals surface area contributed by atoms with E-state index < -0.39 is 0 Å². The lowest BCUT2D eigenvalue weighted by Gasteiger charge is -2.32. The van der Waals surface area contributed by atoms with Gasteiger partial charge in [0.2, 0.25) is 11.8 Å². The highest BCUT2D eigenvalue weighted by Gasteiger charge is 2.25. The van der Waals surface area contributed by atoms with Crippen molar-refractivity contribution in [2.75, 3.05) is 18.5 Å². The van der Waals surface area contributed by atoms with Gasteiger partial charge in [-0.2, -0.15) is 0 Å². The van der Waals surface area contributed by atoms with Gasteiger partial charge in [0, 0.05) is 18.2 Å². The molecule has 1 atom stereocenters. The normalized spacial score (nSPS) is 18.7. The minimum atomic E-state index is -0.356. The first-order valence-corrected chi connectivity index (χ1v) is 7.15. The zero-order chi connectivity index (χ0) is 15.2. The molecule has 1 saturated heterocycles. The molecule has 2 N–H and O–H groups in total. The van der Waals surface area contributed by atoms with Crippen molar-refractivity contribution in [3.05, 3.63) is 30.1 Å². The van der Waals surface area contributed by atoms with E-state index in [4.69, 9.17) is 0 Å². The zero-order valence-electron chi connectivity index (χ0n) is 12.1. The Morgan fingerprint density at radius 2 is 2.14 bits per heavy atom. The molecule has 6 heteroatoms. The summed E-state index contributed by atoms with van der Waals surface area (Å²) in [6.07, 6.45) is 2.41. The second-order valence-corrected chi connectivity index (χ2v) is 5.20. The van der Waals surface area contributed by atoms with E-state index in [1.807, 2.05) is 0 Å². The smallest absolute Gasteiger partial charge is 0.244 e. The second kappa shape index (κ2) is 7.17. The lowest BCUT2D eigenvalue weighted by molar-refractivity contribution is -0.138. The minimum absolute atomic E-state index is 0.00204. The van der Waals surface area contributed by atoms with E-state index in [1.165, 1.54) is 29.2 Å². The Hall–Kier alpha value is -1.95. The highest BCUT2D eigenvalue weighted by Crippen LogP contribution is 2.11. The van der Waals surface area contributed by atoms with Crippen molar-refractivity contribution in [2.45, 2.75) is 32.2 Å². The lowest BCUT2D eigenvalue weighted by Crippen LogP contribution is -2.52. The summed E-state index contributed by atoms with van der Waals surface area (Å²) in [5.41, 5.74) is 0.516. The van der Waals surface area contributed by atoms with Gasteiger partial charge in [0.15, 0.2) is 0 Å². The maximum atomic E-state index is 12.8. The molecule has 1 unspecified atom stereocenters. The Balaban J connectivity index is 1.83. The molecule has 0 saturated carbocycles. The van der Waals surface area contributed by atoms with E-state index in [1.54, 1.807) is 0 Å². The molecule has 0 aliphatic carbocycles. The molecule has 1 heterocycles. The van der Waals surface area contributed by atoms with Gasteiger partial charge in [-0.15, -0.1) is 0 Å². The molecule has 5 nitrogen and oxygen atoms in total. The average Bonchev–Trinajstić information content (AvgIpc) is 2.45. The molecular weight excluding hydrogens is 273 g/mol. The molecule has 1 aliphatic rings. The van der Waals surface area contributed by atoms with Crippen molar-refractivity contribution in [3.63, 3.8) is 0 Å². The SMILES string of the molecule is CCCC1CC(=O)N(CC(=O)Nc2ccc(F)cc2)CN1. The number of anilines is 1. The molecule has 2 rings (SSSR count). The van der Waals surface area contributed by atoms with Gasteiger partial charge in [-0.1, -0.05) is 13.3 Å². The quantitative estimate of drug-likeness (QED) is 0.869. The number of carbonyl (C=O) groups is 2. The highest BCUT2D eigenvalue weighted by molar-refractivity contribution is 5.94. The number of carbonyl (C=O) groups excluding carboxylic acids is 2. The summed E-state index contributed by atoms with van der Waals surface area (Å²) in [5, 5.41) is 5.90. The maximum absolute atomic E-state index is 12.8. The number of rotatable bonds is 5. The monoisotopic (exact) mass is 293 g/mol. The summed E-state index contributed by atoms with van der Waals surface area (Å²) < 4.78 is 12.8. The van der Waals surface area contributed by atoms with Crippen LogP contribution in [-0.2, 0) is 9.59 Å². The van der Waals surface area contributed by atoms with Gasteiger partial charge in [0.1, 0.15) is 12.4 Å². The Bertz CT molecular complexity index is 504. The van der Waals surface area contributed by atoms with Gasteiger partial charge in [-0.25, -0.2) is 4.39 Å². The molecule has 1 aromatic rings. The van der Waals surface area contributed by atoms with Crippen LogP contribution in [0.5, 0.6) is 0 Å². The molecular formula is C15H20FN3O2. The fourth-order valence-corrected chi connectivity index (χ4v) is 2.34. The van der Waals surface area contributed by atoms with E-state index in [0.717, 1.165) is 12.8 Å². The molecule has 2 amide bonds. The van der Waals surface area contributed by atoms with Gasteiger partial charge < -0.3 is 10.2 Å². The molecule has 21 heavy (non-hydrogen) atoms. The van der Waals surface area contributed by atoms with Crippen LogP contribution < -0.4 is 10.6 Å². The van der Waals surface area contributed by atoms with E-state index in [-0.39, 0.29) is 30.2 Å². The molecule has 1 aliphatic heterocycles. The van der Waals surface area contributed by atoms with Gasteiger partial charge in [-0.05, 0) is 30.7 Å². The van der Waals surface area contributed by atoms with Crippen LogP contribution in [0, 0.1) is 5.82 Å².